The summed E-state index contributed by atoms with van der Waals surface area (Å²) in [7, 11) is 0. The molecule has 3 atom stereocenters. The minimum atomic E-state index is -0.00986. The maximum Gasteiger partial charge on any atom is 0.276 e. The van der Waals surface area contributed by atoms with Crippen LogP contribution in [0.15, 0.2) is 40.9 Å². The zero-order valence-corrected chi connectivity index (χ0v) is 13.9. The minimum Gasteiger partial charge on any atom is -0.361 e. The number of aromatic nitrogens is 1. The van der Waals surface area contributed by atoms with Crippen molar-refractivity contribution in [1.29, 1.82) is 0 Å². The summed E-state index contributed by atoms with van der Waals surface area (Å²) in [5.74, 6) is 1.77. The number of nitrogens with one attached hydrogen (secondary N) is 1. The predicted molar refractivity (Wildman–Crippen MR) is 90.6 cm³/mol. The summed E-state index contributed by atoms with van der Waals surface area (Å²) in [6.07, 6.45) is 1.80. The molecule has 126 valence electrons. The molecule has 5 heteroatoms. The number of rotatable bonds is 4. The van der Waals surface area contributed by atoms with Crippen molar-refractivity contribution in [1.82, 2.24) is 15.4 Å². The Morgan fingerprint density at radius 2 is 2.17 bits per heavy atom. The average Bonchev–Trinajstić information content (AvgIpc) is 3.30. The van der Waals surface area contributed by atoms with E-state index in [1.54, 1.807) is 6.07 Å². The van der Waals surface area contributed by atoms with Gasteiger partial charge in [0.25, 0.3) is 5.91 Å². The van der Waals surface area contributed by atoms with E-state index in [1.807, 2.05) is 23.1 Å². The number of carbonyl (C=O) groups excluding carboxylic acids is 1. The monoisotopic (exact) mass is 325 g/mol. The van der Waals surface area contributed by atoms with Crippen molar-refractivity contribution < 1.29 is 9.32 Å². The maximum atomic E-state index is 13.1. The fourth-order valence-electron chi connectivity index (χ4n) is 4.13. The van der Waals surface area contributed by atoms with Gasteiger partial charge in [-0.2, -0.15) is 0 Å². The third-order valence-electron chi connectivity index (χ3n) is 5.24. The van der Waals surface area contributed by atoms with E-state index in [4.69, 9.17) is 4.52 Å². The lowest BCUT2D eigenvalue weighted by molar-refractivity contribution is 0.0703. The number of aryl methyl sites for hydroxylation is 1. The highest BCUT2D eigenvalue weighted by atomic mass is 16.5. The van der Waals surface area contributed by atoms with Crippen LogP contribution in [0.3, 0.4) is 0 Å². The van der Waals surface area contributed by atoms with Crippen LogP contribution in [0.5, 0.6) is 0 Å². The highest BCUT2D eigenvalue weighted by Crippen LogP contribution is 2.43. The first kappa shape index (κ1) is 15.4. The summed E-state index contributed by atoms with van der Waals surface area (Å²) in [4.78, 5) is 15.1. The van der Waals surface area contributed by atoms with Gasteiger partial charge in [-0.05, 0) is 17.9 Å². The molecule has 1 aromatic heterocycles. The van der Waals surface area contributed by atoms with Crippen molar-refractivity contribution in [2.75, 3.05) is 19.6 Å². The molecular weight excluding hydrogens is 302 g/mol. The van der Waals surface area contributed by atoms with Crippen molar-refractivity contribution in [2.24, 2.45) is 11.8 Å². The molecule has 3 heterocycles. The molecule has 1 amide bonds. The first-order valence-electron chi connectivity index (χ1n) is 8.80. The summed E-state index contributed by atoms with van der Waals surface area (Å²) in [5, 5.41) is 7.49. The second-order valence-corrected chi connectivity index (χ2v) is 6.82. The molecule has 5 nitrogen and oxygen atoms in total. The summed E-state index contributed by atoms with van der Waals surface area (Å²) in [5.41, 5.74) is 1.65. The molecule has 4 rings (SSSR count). The maximum absolute atomic E-state index is 13.1. The van der Waals surface area contributed by atoms with Crippen LogP contribution in [-0.4, -0.2) is 35.6 Å². The van der Waals surface area contributed by atoms with Gasteiger partial charge in [-0.15, -0.1) is 0 Å². The molecule has 0 aliphatic carbocycles. The number of benzene rings is 1. The van der Waals surface area contributed by atoms with E-state index < -0.39 is 0 Å². The molecule has 1 N–H and O–H groups in total. The molecule has 0 unspecified atom stereocenters. The van der Waals surface area contributed by atoms with Crippen LogP contribution in [-0.2, 0) is 6.42 Å². The minimum absolute atomic E-state index is 0.00986. The predicted octanol–water partition coefficient (Wildman–Crippen LogP) is 2.66. The van der Waals surface area contributed by atoms with Crippen molar-refractivity contribution in [3.05, 3.63) is 53.4 Å². The van der Waals surface area contributed by atoms with Crippen LogP contribution in [0.2, 0.25) is 0 Å². The SMILES string of the molecule is CCCc1cc(C(=O)N2C[C@@H]3CNC[C@@H]3[C@H]2c2ccccc2)no1. The third-order valence-corrected chi connectivity index (χ3v) is 5.24. The van der Waals surface area contributed by atoms with Crippen LogP contribution in [0, 0.1) is 11.8 Å². The number of likely N-dealkylation sites (tertiary alicyclic amines) is 1. The van der Waals surface area contributed by atoms with Crippen LogP contribution in [0.4, 0.5) is 0 Å². The van der Waals surface area contributed by atoms with E-state index in [0.717, 1.165) is 38.2 Å². The second kappa shape index (κ2) is 6.40. The Hall–Kier alpha value is -2.14. The Kier molecular flexibility index (Phi) is 4.10. The number of fused-ring (bicyclic) bond motifs is 1. The molecule has 1 aromatic carbocycles. The lowest BCUT2D eigenvalue weighted by Gasteiger charge is -2.27. The van der Waals surface area contributed by atoms with Crippen LogP contribution in [0.25, 0.3) is 0 Å². The van der Waals surface area contributed by atoms with Crippen molar-refractivity contribution in [3.8, 4) is 0 Å². The van der Waals surface area contributed by atoms with Gasteiger partial charge in [-0.3, -0.25) is 4.79 Å². The highest BCUT2D eigenvalue weighted by Gasteiger charge is 2.47. The summed E-state index contributed by atoms with van der Waals surface area (Å²) < 4.78 is 5.31. The first-order chi connectivity index (χ1) is 11.8. The topological polar surface area (TPSA) is 58.4 Å². The second-order valence-electron chi connectivity index (χ2n) is 6.82. The summed E-state index contributed by atoms with van der Waals surface area (Å²) in [6, 6.07) is 12.3. The van der Waals surface area contributed by atoms with Crippen molar-refractivity contribution in [2.45, 2.75) is 25.8 Å². The Morgan fingerprint density at radius 1 is 1.33 bits per heavy atom. The van der Waals surface area contributed by atoms with E-state index in [9.17, 15) is 4.79 Å². The fourth-order valence-corrected chi connectivity index (χ4v) is 4.13. The van der Waals surface area contributed by atoms with Gasteiger partial charge in [0.15, 0.2) is 5.69 Å². The number of amides is 1. The number of hydrogen-bond donors (Lipinski definition) is 1. The molecule has 0 spiro atoms. The van der Waals surface area contributed by atoms with E-state index in [0.29, 0.717) is 17.5 Å². The fraction of sp³-hybridized carbons (Fsp3) is 0.474. The first-order valence-corrected chi connectivity index (χ1v) is 8.80. The molecule has 0 radical (unpaired) electrons. The third kappa shape index (κ3) is 2.63. The van der Waals surface area contributed by atoms with E-state index in [2.05, 4.69) is 29.5 Å². The van der Waals surface area contributed by atoms with Crippen LogP contribution >= 0.6 is 0 Å². The van der Waals surface area contributed by atoms with Crippen molar-refractivity contribution >= 4 is 5.91 Å². The Bertz CT molecular complexity index is 712. The molecule has 0 bridgehead atoms. The van der Waals surface area contributed by atoms with E-state index >= 15 is 0 Å². The Labute approximate surface area is 142 Å². The highest BCUT2D eigenvalue weighted by molar-refractivity contribution is 5.92. The van der Waals surface area contributed by atoms with Crippen LogP contribution in [0.1, 0.15) is 41.2 Å². The molecule has 0 saturated carbocycles. The molecular formula is C19H23N3O2. The molecule has 2 aliphatic rings. The van der Waals surface area contributed by atoms with Gasteiger partial charge in [0.05, 0.1) is 6.04 Å². The molecule has 2 aromatic rings. The molecule has 2 saturated heterocycles. The Balaban J connectivity index is 1.63. The Morgan fingerprint density at radius 3 is 2.96 bits per heavy atom. The largest absolute Gasteiger partial charge is 0.361 e. The number of hydrogen-bond acceptors (Lipinski definition) is 4. The van der Waals surface area contributed by atoms with Gasteiger partial charge in [-0.1, -0.05) is 42.4 Å². The van der Waals surface area contributed by atoms with E-state index in [-0.39, 0.29) is 11.9 Å². The van der Waals surface area contributed by atoms with Crippen molar-refractivity contribution in [3.63, 3.8) is 0 Å². The molecule has 2 fully saturated rings. The van der Waals surface area contributed by atoms with Crippen LogP contribution < -0.4 is 5.32 Å². The number of nitrogens with zero attached hydrogens (tertiary/aromatic N) is 2. The van der Waals surface area contributed by atoms with Gasteiger partial charge in [-0.25, -0.2) is 0 Å². The molecule has 2 aliphatic heterocycles. The lowest BCUT2D eigenvalue weighted by atomic mass is 9.89. The van der Waals surface area contributed by atoms with Gasteiger partial charge in [0.2, 0.25) is 0 Å². The quantitative estimate of drug-likeness (QED) is 0.939. The average molecular weight is 325 g/mol. The van der Waals surface area contributed by atoms with Gasteiger partial charge >= 0.3 is 0 Å². The zero-order valence-electron chi connectivity index (χ0n) is 13.9. The van der Waals surface area contributed by atoms with E-state index in [1.165, 1.54) is 5.56 Å². The smallest absolute Gasteiger partial charge is 0.276 e. The summed E-state index contributed by atoms with van der Waals surface area (Å²) >= 11 is 0. The standard InChI is InChI=1S/C19H23N3O2/c1-2-6-15-9-17(21-24-15)19(23)22-12-14-10-20-11-16(14)18(22)13-7-4-3-5-8-13/h3-5,7-9,14,16,18,20H,2,6,10-12H2,1H3/t14-,16-,18+/m0/s1. The zero-order chi connectivity index (χ0) is 16.5. The normalized spacial score (nSPS) is 25.9. The van der Waals surface area contributed by atoms with Gasteiger partial charge in [0, 0.05) is 38.0 Å². The van der Waals surface area contributed by atoms with Gasteiger partial charge < -0.3 is 14.7 Å². The molecule has 24 heavy (non-hydrogen) atoms. The number of carbonyl (C=O) groups is 1. The lowest BCUT2D eigenvalue weighted by Crippen LogP contribution is -2.34. The summed E-state index contributed by atoms with van der Waals surface area (Å²) in [6.45, 7) is 4.82. The van der Waals surface area contributed by atoms with Gasteiger partial charge in [0.1, 0.15) is 5.76 Å².